The van der Waals surface area contributed by atoms with E-state index in [1.807, 2.05) is 30.3 Å². The molecule has 2 aromatic rings. The number of carbonyl (C=O) groups is 1. The van der Waals surface area contributed by atoms with E-state index in [0.29, 0.717) is 0 Å². The van der Waals surface area contributed by atoms with Crippen LogP contribution in [0.3, 0.4) is 0 Å². The van der Waals surface area contributed by atoms with E-state index in [-0.39, 0.29) is 31.7 Å². The Hall–Kier alpha value is -2.41. The Morgan fingerprint density at radius 3 is 2.89 bits per heavy atom. The number of para-hydroxylation sites is 1. The first-order valence-electron chi connectivity index (χ1n) is 5.77. The van der Waals surface area contributed by atoms with Crippen molar-refractivity contribution in [3.05, 3.63) is 36.7 Å². The molecular weight excluding hydrogens is 248 g/mol. The fourth-order valence-corrected chi connectivity index (χ4v) is 1.40. The zero-order chi connectivity index (χ0) is 13.5. The lowest BCUT2D eigenvalue weighted by atomic mass is 10.3. The number of aliphatic hydroxyl groups is 1. The van der Waals surface area contributed by atoms with Gasteiger partial charge in [0, 0.05) is 6.54 Å². The maximum absolute atomic E-state index is 11.2. The standard InChI is InChI=1S/C12H14N4O3/c17-7-6-13-11(18)8-19-12-14-9-16(15-12)10-4-2-1-3-5-10/h1-5,9,17H,6-8H2,(H,13,18). The SMILES string of the molecule is O=C(COc1ncn(-c2ccccc2)n1)NCCO. The summed E-state index contributed by atoms with van der Waals surface area (Å²) in [4.78, 5) is 15.2. The summed E-state index contributed by atoms with van der Waals surface area (Å²) in [6, 6.07) is 9.57. The van der Waals surface area contributed by atoms with Crippen LogP contribution in [-0.2, 0) is 4.79 Å². The lowest BCUT2D eigenvalue weighted by Crippen LogP contribution is -2.31. The molecule has 0 radical (unpaired) electrons. The van der Waals surface area contributed by atoms with Crippen molar-refractivity contribution in [3.8, 4) is 11.7 Å². The van der Waals surface area contributed by atoms with Crippen LogP contribution in [0.1, 0.15) is 0 Å². The number of aromatic nitrogens is 3. The summed E-state index contributed by atoms with van der Waals surface area (Å²) in [6.07, 6.45) is 1.51. The van der Waals surface area contributed by atoms with Gasteiger partial charge in [-0.15, -0.1) is 5.10 Å². The molecule has 19 heavy (non-hydrogen) atoms. The molecule has 1 aromatic heterocycles. The molecule has 0 saturated carbocycles. The minimum atomic E-state index is -0.329. The van der Waals surface area contributed by atoms with Crippen LogP contribution < -0.4 is 10.1 Å². The first-order valence-corrected chi connectivity index (χ1v) is 5.77. The molecule has 1 heterocycles. The molecule has 7 heteroatoms. The summed E-state index contributed by atoms with van der Waals surface area (Å²) in [5.41, 5.74) is 0.856. The molecule has 0 atom stereocenters. The maximum atomic E-state index is 11.2. The second-order valence-corrected chi connectivity index (χ2v) is 3.67. The second-order valence-electron chi connectivity index (χ2n) is 3.67. The Bertz CT molecular complexity index is 527. The Morgan fingerprint density at radius 2 is 2.16 bits per heavy atom. The van der Waals surface area contributed by atoms with Crippen molar-refractivity contribution >= 4 is 5.91 Å². The van der Waals surface area contributed by atoms with Crippen molar-refractivity contribution in [1.29, 1.82) is 0 Å². The van der Waals surface area contributed by atoms with Crippen LogP contribution in [-0.4, -0.2) is 45.5 Å². The molecule has 0 unspecified atom stereocenters. The highest BCUT2D eigenvalue weighted by atomic mass is 16.5. The van der Waals surface area contributed by atoms with Crippen LogP contribution in [0.5, 0.6) is 6.01 Å². The Balaban J connectivity index is 1.90. The zero-order valence-electron chi connectivity index (χ0n) is 10.2. The fraction of sp³-hybridized carbons (Fsp3) is 0.250. The predicted molar refractivity (Wildman–Crippen MR) is 66.9 cm³/mol. The summed E-state index contributed by atoms with van der Waals surface area (Å²) >= 11 is 0. The quantitative estimate of drug-likeness (QED) is 0.749. The van der Waals surface area contributed by atoms with E-state index in [4.69, 9.17) is 9.84 Å². The first-order chi connectivity index (χ1) is 9.29. The molecular formula is C12H14N4O3. The third-order valence-corrected chi connectivity index (χ3v) is 2.26. The lowest BCUT2D eigenvalue weighted by molar-refractivity contribution is -0.123. The lowest BCUT2D eigenvalue weighted by Gasteiger charge is -2.02. The molecule has 7 nitrogen and oxygen atoms in total. The van der Waals surface area contributed by atoms with Gasteiger partial charge in [0.25, 0.3) is 5.91 Å². The third kappa shape index (κ3) is 3.78. The van der Waals surface area contributed by atoms with Crippen LogP contribution in [0, 0.1) is 0 Å². The molecule has 2 rings (SSSR count). The van der Waals surface area contributed by atoms with Crippen LogP contribution in [0.25, 0.3) is 5.69 Å². The Labute approximate surface area is 109 Å². The van der Waals surface area contributed by atoms with Crippen molar-refractivity contribution < 1.29 is 14.6 Å². The second kappa shape index (κ2) is 6.50. The van der Waals surface area contributed by atoms with Crippen molar-refractivity contribution in [2.24, 2.45) is 0 Å². The fourth-order valence-electron chi connectivity index (χ4n) is 1.40. The molecule has 0 bridgehead atoms. The van der Waals surface area contributed by atoms with E-state index >= 15 is 0 Å². The van der Waals surface area contributed by atoms with Gasteiger partial charge >= 0.3 is 6.01 Å². The van der Waals surface area contributed by atoms with E-state index in [1.165, 1.54) is 6.33 Å². The van der Waals surface area contributed by atoms with Gasteiger partial charge in [0.2, 0.25) is 0 Å². The first kappa shape index (κ1) is 13.0. The zero-order valence-corrected chi connectivity index (χ0v) is 10.2. The minimum Gasteiger partial charge on any atom is -0.452 e. The van der Waals surface area contributed by atoms with Gasteiger partial charge in [0.1, 0.15) is 6.33 Å². The molecule has 0 aliphatic rings. The highest BCUT2D eigenvalue weighted by Crippen LogP contribution is 2.07. The molecule has 0 fully saturated rings. The van der Waals surface area contributed by atoms with Gasteiger partial charge in [-0.1, -0.05) is 18.2 Å². The Morgan fingerprint density at radius 1 is 1.37 bits per heavy atom. The van der Waals surface area contributed by atoms with E-state index in [2.05, 4.69) is 15.4 Å². The average Bonchev–Trinajstić information content (AvgIpc) is 2.93. The topological polar surface area (TPSA) is 89.3 Å². The number of ether oxygens (including phenoxy) is 1. The molecule has 100 valence electrons. The van der Waals surface area contributed by atoms with Crippen LogP contribution in [0.2, 0.25) is 0 Å². The normalized spacial score (nSPS) is 10.2. The average molecular weight is 262 g/mol. The monoisotopic (exact) mass is 262 g/mol. The highest BCUT2D eigenvalue weighted by molar-refractivity contribution is 5.77. The summed E-state index contributed by atoms with van der Waals surface area (Å²) < 4.78 is 6.69. The molecule has 0 saturated heterocycles. The summed E-state index contributed by atoms with van der Waals surface area (Å²) in [7, 11) is 0. The van der Waals surface area contributed by atoms with E-state index in [1.54, 1.807) is 4.68 Å². The largest absolute Gasteiger partial charge is 0.452 e. The number of rotatable bonds is 6. The van der Waals surface area contributed by atoms with Crippen LogP contribution in [0.15, 0.2) is 36.7 Å². The van der Waals surface area contributed by atoms with Gasteiger partial charge < -0.3 is 15.2 Å². The van der Waals surface area contributed by atoms with Crippen molar-refractivity contribution in [3.63, 3.8) is 0 Å². The van der Waals surface area contributed by atoms with Gasteiger partial charge in [-0.3, -0.25) is 4.79 Å². The van der Waals surface area contributed by atoms with Crippen LogP contribution in [0.4, 0.5) is 0 Å². The molecule has 2 N–H and O–H groups in total. The number of aliphatic hydroxyl groups excluding tert-OH is 1. The van der Waals surface area contributed by atoms with E-state index in [9.17, 15) is 4.79 Å². The third-order valence-electron chi connectivity index (χ3n) is 2.26. The molecule has 0 aliphatic heterocycles. The van der Waals surface area contributed by atoms with Crippen molar-refractivity contribution in [1.82, 2.24) is 20.1 Å². The smallest absolute Gasteiger partial charge is 0.336 e. The number of nitrogens with one attached hydrogen (secondary N) is 1. The predicted octanol–water partition coefficient (Wildman–Crippen LogP) is -0.245. The van der Waals surface area contributed by atoms with E-state index < -0.39 is 0 Å². The Kier molecular flexibility index (Phi) is 4.46. The van der Waals surface area contributed by atoms with Crippen LogP contribution >= 0.6 is 0 Å². The molecule has 1 amide bonds. The highest BCUT2D eigenvalue weighted by Gasteiger charge is 2.06. The number of nitrogens with zero attached hydrogens (tertiary/aromatic N) is 3. The number of carbonyl (C=O) groups excluding carboxylic acids is 1. The number of hydrogen-bond acceptors (Lipinski definition) is 5. The van der Waals surface area contributed by atoms with Gasteiger partial charge in [-0.2, -0.15) is 4.98 Å². The van der Waals surface area contributed by atoms with E-state index in [0.717, 1.165) is 5.69 Å². The van der Waals surface area contributed by atoms with Gasteiger partial charge in [-0.05, 0) is 12.1 Å². The minimum absolute atomic E-state index is 0.105. The number of hydrogen-bond donors (Lipinski definition) is 2. The number of amides is 1. The van der Waals surface area contributed by atoms with Crippen molar-refractivity contribution in [2.45, 2.75) is 0 Å². The molecule has 0 spiro atoms. The number of benzene rings is 1. The summed E-state index contributed by atoms with van der Waals surface area (Å²) in [6.45, 7) is -0.0838. The van der Waals surface area contributed by atoms with Gasteiger partial charge in [0.05, 0.1) is 12.3 Å². The van der Waals surface area contributed by atoms with Crippen molar-refractivity contribution in [2.75, 3.05) is 19.8 Å². The van der Waals surface area contributed by atoms with Gasteiger partial charge in [-0.25, -0.2) is 4.68 Å². The summed E-state index contributed by atoms with van der Waals surface area (Å²) in [5, 5.41) is 15.1. The molecule has 0 aliphatic carbocycles. The maximum Gasteiger partial charge on any atom is 0.336 e. The molecule has 1 aromatic carbocycles. The summed E-state index contributed by atoms with van der Waals surface area (Å²) in [5.74, 6) is -0.329. The van der Waals surface area contributed by atoms with Gasteiger partial charge in [0.15, 0.2) is 6.61 Å².